The van der Waals surface area contributed by atoms with E-state index in [1.807, 2.05) is 0 Å². The summed E-state index contributed by atoms with van der Waals surface area (Å²) >= 11 is 0. The van der Waals surface area contributed by atoms with Crippen molar-refractivity contribution in [1.29, 1.82) is 0 Å². The molecule has 1 N–H and O–H groups in total. The second kappa shape index (κ2) is 5.06. The van der Waals surface area contributed by atoms with E-state index in [-0.39, 0.29) is 11.5 Å². The highest BCUT2D eigenvalue weighted by molar-refractivity contribution is 5.83. The summed E-state index contributed by atoms with van der Waals surface area (Å²) in [6, 6.07) is 0.321. The van der Waals surface area contributed by atoms with Gasteiger partial charge in [0.15, 0.2) is 0 Å². The first-order chi connectivity index (χ1) is 9.09. The molecule has 2 heterocycles. The minimum atomic E-state index is -0.0133. The number of hydrogen-bond acceptors (Lipinski definition) is 3. The molecule has 108 valence electrons. The van der Waals surface area contributed by atoms with Crippen LogP contribution in [0.4, 0.5) is 0 Å². The summed E-state index contributed by atoms with van der Waals surface area (Å²) in [7, 11) is 0. The minimum Gasteiger partial charge on any atom is -0.374 e. The van der Waals surface area contributed by atoms with Crippen LogP contribution in [0.5, 0.6) is 0 Å². The van der Waals surface area contributed by atoms with E-state index in [1.165, 1.54) is 12.8 Å². The molecule has 4 heteroatoms. The Kier molecular flexibility index (Phi) is 3.56. The molecular formula is C15H26N2O2. The number of morpholine rings is 1. The van der Waals surface area contributed by atoms with Gasteiger partial charge in [0.05, 0.1) is 24.8 Å². The number of carbonyl (C=O) groups excluding carboxylic acids is 1. The van der Waals surface area contributed by atoms with Gasteiger partial charge in [-0.2, -0.15) is 0 Å². The molecule has 3 atom stereocenters. The SMILES string of the molecule is CC1(C)CCCNC1C(=O)N1CCOC2CCCC21. The Labute approximate surface area is 115 Å². The zero-order valence-corrected chi connectivity index (χ0v) is 12.2. The fourth-order valence-corrected chi connectivity index (χ4v) is 4.00. The first-order valence-corrected chi connectivity index (χ1v) is 7.75. The minimum absolute atomic E-state index is 0.0133. The monoisotopic (exact) mass is 266 g/mol. The van der Waals surface area contributed by atoms with Crippen molar-refractivity contribution in [3.63, 3.8) is 0 Å². The molecular weight excluding hydrogens is 240 g/mol. The number of ether oxygens (including phenoxy) is 1. The lowest BCUT2D eigenvalue weighted by atomic mass is 9.76. The molecule has 2 saturated heterocycles. The average Bonchev–Trinajstić information content (AvgIpc) is 2.85. The van der Waals surface area contributed by atoms with Crippen LogP contribution in [-0.2, 0) is 9.53 Å². The maximum Gasteiger partial charge on any atom is 0.240 e. The number of nitrogens with one attached hydrogen (secondary N) is 1. The van der Waals surface area contributed by atoms with Gasteiger partial charge in [-0.15, -0.1) is 0 Å². The molecule has 4 nitrogen and oxygen atoms in total. The van der Waals surface area contributed by atoms with Gasteiger partial charge in [-0.25, -0.2) is 0 Å². The predicted molar refractivity (Wildman–Crippen MR) is 73.9 cm³/mol. The third-order valence-corrected chi connectivity index (χ3v) is 5.14. The second-order valence-corrected chi connectivity index (χ2v) is 6.92. The van der Waals surface area contributed by atoms with Crippen LogP contribution in [0.3, 0.4) is 0 Å². The highest BCUT2D eigenvalue weighted by atomic mass is 16.5. The van der Waals surface area contributed by atoms with Gasteiger partial charge in [0.2, 0.25) is 5.91 Å². The van der Waals surface area contributed by atoms with Gasteiger partial charge >= 0.3 is 0 Å². The predicted octanol–water partition coefficient (Wildman–Crippen LogP) is 1.54. The Hall–Kier alpha value is -0.610. The van der Waals surface area contributed by atoms with Crippen molar-refractivity contribution < 1.29 is 9.53 Å². The van der Waals surface area contributed by atoms with Crippen LogP contribution in [0.15, 0.2) is 0 Å². The van der Waals surface area contributed by atoms with Gasteiger partial charge in [-0.05, 0) is 44.1 Å². The van der Waals surface area contributed by atoms with E-state index in [2.05, 4.69) is 24.1 Å². The van der Waals surface area contributed by atoms with Crippen molar-refractivity contribution in [3.8, 4) is 0 Å². The van der Waals surface area contributed by atoms with Crippen LogP contribution in [0.1, 0.15) is 46.0 Å². The molecule has 3 unspecified atom stereocenters. The fourth-order valence-electron chi connectivity index (χ4n) is 4.00. The highest BCUT2D eigenvalue weighted by Crippen LogP contribution is 2.35. The Morgan fingerprint density at radius 3 is 2.95 bits per heavy atom. The molecule has 1 saturated carbocycles. The van der Waals surface area contributed by atoms with Crippen molar-refractivity contribution in [1.82, 2.24) is 10.2 Å². The normalized spacial score (nSPS) is 38.0. The molecule has 1 aliphatic carbocycles. The lowest BCUT2D eigenvalue weighted by molar-refractivity contribution is -0.150. The zero-order chi connectivity index (χ0) is 13.5. The summed E-state index contributed by atoms with van der Waals surface area (Å²) in [6.45, 7) is 6.88. The fraction of sp³-hybridized carbons (Fsp3) is 0.933. The van der Waals surface area contributed by atoms with E-state index >= 15 is 0 Å². The largest absolute Gasteiger partial charge is 0.374 e. The maximum absolute atomic E-state index is 12.9. The summed E-state index contributed by atoms with van der Waals surface area (Å²) in [5, 5.41) is 3.45. The third kappa shape index (κ3) is 2.40. The number of hydrogen-bond donors (Lipinski definition) is 1. The van der Waals surface area contributed by atoms with Gasteiger partial charge in [-0.1, -0.05) is 13.8 Å². The lowest BCUT2D eigenvalue weighted by Crippen LogP contribution is -2.61. The number of nitrogens with zero attached hydrogens (tertiary/aromatic N) is 1. The Morgan fingerprint density at radius 1 is 1.32 bits per heavy atom. The smallest absolute Gasteiger partial charge is 0.240 e. The van der Waals surface area contributed by atoms with E-state index in [0.717, 1.165) is 32.4 Å². The van der Waals surface area contributed by atoms with Gasteiger partial charge in [0, 0.05) is 6.54 Å². The van der Waals surface area contributed by atoms with Crippen LogP contribution in [0.25, 0.3) is 0 Å². The summed E-state index contributed by atoms with van der Waals surface area (Å²) in [6.07, 6.45) is 6.03. The molecule has 2 aliphatic heterocycles. The van der Waals surface area contributed by atoms with Gasteiger partial charge < -0.3 is 15.0 Å². The number of fused-ring (bicyclic) bond motifs is 1. The van der Waals surface area contributed by atoms with Gasteiger partial charge in [0.25, 0.3) is 0 Å². The molecule has 1 amide bonds. The maximum atomic E-state index is 12.9. The topological polar surface area (TPSA) is 41.6 Å². The molecule has 3 rings (SSSR count). The van der Waals surface area contributed by atoms with E-state index in [1.54, 1.807) is 0 Å². The van der Waals surface area contributed by atoms with E-state index in [4.69, 9.17) is 4.74 Å². The number of rotatable bonds is 1. The Balaban J connectivity index is 1.75. The average molecular weight is 266 g/mol. The molecule has 0 aromatic carbocycles. The van der Waals surface area contributed by atoms with Crippen LogP contribution >= 0.6 is 0 Å². The van der Waals surface area contributed by atoms with Crippen molar-refractivity contribution in [2.75, 3.05) is 19.7 Å². The first-order valence-electron chi connectivity index (χ1n) is 7.75. The van der Waals surface area contributed by atoms with Crippen LogP contribution < -0.4 is 5.32 Å². The number of piperidine rings is 1. The molecule has 0 spiro atoms. The van der Waals surface area contributed by atoms with E-state index in [9.17, 15) is 4.79 Å². The molecule has 19 heavy (non-hydrogen) atoms. The van der Waals surface area contributed by atoms with E-state index in [0.29, 0.717) is 24.7 Å². The number of carbonyl (C=O) groups is 1. The standard InChI is InChI=1S/C15H26N2O2/c1-15(2)7-4-8-16-13(15)14(18)17-9-10-19-12-6-3-5-11(12)17/h11-13,16H,3-10H2,1-2H3. The molecule has 3 aliphatic rings. The van der Waals surface area contributed by atoms with Crippen molar-refractivity contribution in [2.24, 2.45) is 5.41 Å². The summed E-state index contributed by atoms with van der Waals surface area (Å²) in [5.74, 6) is 0.310. The Morgan fingerprint density at radius 2 is 2.16 bits per heavy atom. The third-order valence-electron chi connectivity index (χ3n) is 5.14. The summed E-state index contributed by atoms with van der Waals surface area (Å²) in [5.41, 5.74) is 0.0712. The van der Waals surface area contributed by atoms with Crippen LogP contribution in [0, 0.1) is 5.41 Å². The summed E-state index contributed by atoms with van der Waals surface area (Å²) < 4.78 is 5.81. The Bertz CT molecular complexity index is 356. The molecule has 0 aromatic rings. The van der Waals surface area contributed by atoms with E-state index < -0.39 is 0 Å². The van der Waals surface area contributed by atoms with Gasteiger partial charge in [-0.3, -0.25) is 4.79 Å². The van der Waals surface area contributed by atoms with Crippen LogP contribution in [-0.4, -0.2) is 48.7 Å². The number of amides is 1. The molecule has 0 aromatic heterocycles. The first kappa shape index (κ1) is 13.4. The van der Waals surface area contributed by atoms with Crippen molar-refractivity contribution >= 4 is 5.91 Å². The highest BCUT2D eigenvalue weighted by Gasteiger charge is 2.44. The van der Waals surface area contributed by atoms with Crippen LogP contribution in [0.2, 0.25) is 0 Å². The molecule has 0 bridgehead atoms. The van der Waals surface area contributed by atoms with Crippen molar-refractivity contribution in [3.05, 3.63) is 0 Å². The molecule has 3 fully saturated rings. The second-order valence-electron chi connectivity index (χ2n) is 6.92. The van der Waals surface area contributed by atoms with Gasteiger partial charge in [0.1, 0.15) is 0 Å². The molecule has 0 radical (unpaired) electrons. The summed E-state index contributed by atoms with van der Waals surface area (Å²) in [4.78, 5) is 15.0. The lowest BCUT2D eigenvalue weighted by Gasteiger charge is -2.45. The quantitative estimate of drug-likeness (QED) is 0.783. The van der Waals surface area contributed by atoms with Crippen molar-refractivity contribution in [2.45, 2.75) is 64.1 Å². The zero-order valence-electron chi connectivity index (χ0n) is 12.2.